The van der Waals surface area contributed by atoms with Gasteiger partial charge in [0.05, 0.1) is 5.69 Å². The van der Waals surface area contributed by atoms with Crippen molar-refractivity contribution in [3.63, 3.8) is 0 Å². The molecule has 1 aliphatic heterocycles. The van der Waals surface area contributed by atoms with E-state index in [-0.39, 0.29) is 5.56 Å². The molecule has 0 unspecified atom stereocenters. The van der Waals surface area contributed by atoms with Crippen LogP contribution in [-0.2, 0) is 6.42 Å². The van der Waals surface area contributed by atoms with E-state index >= 15 is 0 Å². The molecule has 138 valence electrons. The molecule has 2 atom stereocenters. The Morgan fingerprint density at radius 3 is 2.54 bits per heavy atom. The first-order valence-corrected chi connectivity index (χ1v) is 8.99. The summed E-state index contributed by atoms with van der Waals surface area (Å²) < 4.78 is 0. The molecule has 0 radical (unpaired) electrons. The van der Waals surface area contributed by atoms with Gasteiger partial charge in [0, 0.05) is 18.8 Å². The molecular weight excluding hydrogens is 330 g/mol. The molecule has 1 saturated heterocycles. The maximum Gasteiger partial charge on any atom is 0.341 e. The van der Waals surface area contributed by atoms with Gasteiger partial charge in [0.15, 0.2) is 0 Å². The van der Waals surface area contributed by atoms with E-state index in [1.54, 1.807) is 0 Å². The highest BCUT2D eigenvalue weighted by Gasteiger charge is 2.28. The molecule has 2 heterocycles. The molecule has 1 fully saturated rings. The van der Waals surface area contributed by atoms with Crippen LogP contribution >= 0.6 is 0 Å². The largest absolute Gasteiger partial charge is 0.477 e. The Balaban J connectivity index is 1.91. The second kappa shape index (κ2) is 7.33. The van der Waals surface area contributed by atoms with Crippen molar-refractivity contribution in [2.75, 3.05) is 24.5 Å². The third kappa shape index (κ3) is 3.37. The summed E-state index contributed by atoms with van der Waals surface area (Å²) in [6, 6.07) is 9.51. The number of nitrogens with zero attached hydrogens (tertiary/aromatic N) is 1. The number of H-pyrrole nitrogens is 1. The first-order valence-electron chi connectivity index (χ1n) is 8.99. The monoisotopic (exact) mass is 355 g/mol. The van der Waals surface area contributed by atoms with E-state index < -0.39 is 11.5 Å². The molecule has 3 rings (SSSR count). The molecule has 2 aromatic rings. The maximum absolute atomic E-state index is 12.0. The standard InChI is InChI=1S/C20H25N3O3/c1-3-13-8-17(20(25)26)19(24)22-18(13)14-4-6-16(7-5-14)23-10-12(2)15(9-21)11-23/h4-8,12,15H,3,9-11,21H2,1-2H3,(H,22,24)(H,25,26)/t12-,15-/m0/s1. The Morgan fingerprint density at radius 1 is 1.31 bits per heavy atom. The minimum atomic E-state index is -1.21. The number of hydrogen-bond acceptors (Lipinski definition) is 4. The lowest BCUT2D eigenvalue weighted by Crippen LogP contribution is -2.23. The molecule has 6 nitrogen and oxygen atoms in total. The molecule has 0 bridgehead atoms. The Bertz CT molecular complexity index is 858. The Morgan fingerprint density at radius 2 is 2.00 bits per heavy atom. The fourth-order valence-corrected chi connectivity index (χ4v) is 3.66. The molecule has 1 aromatic carbocycles. The molecule has 0 aliphatic carbocycles. The molecule has 6 heteroatoms. The van der Waals surface area contributed by atoms with Gasteiger partial charge in [-0.3, -0.25) is 4.79 Å². The summed E-state index contributed by atoms with van der Waals surface area (Å²) in [5.41, 5.74) is 8.56. The van der Waals surface area contributed by atoms with Crippen LogP contribution < -0.4 is 16.2 Å². The minimum absolute atomic E-state index is 0.221. The van der Waals surface area contributed by atoms with Gasteiger partial charge in [-0.05, 0) is 54.1 Å². The molecule has 0 amide bonds. The molecular formula is C20H25N3O3. The summed E-state index contributed by atoms with van der Waals surface area (Å²) in [4.78, 5) is 28.3. The number of aryl methyl sites for hydroxylation is 1. The van der Waals surface area contributed by atoms with Gasteiger partial charge in [-0.15, -0.1) is 0 Å². The average Bonchev–Trinajstić information content (AvgIpc) is 3.02. The van der Waals surface area contributed by atoms with Crippen molar-refractivity contribution < 1.29 is 9.90 Å². The number of aromatic amines is 1. The number of carboxylic acids is 1. The van der Waals surface area contributed by atoms with Crippen molar-refractivity contribution >= 4 is 11.7 Å². The van der Waals surface area contributed by atoms with E-state index in [1.165, 1.54) is 6.07 Å². The first kappa shape index (κ1) is 18.2. The van der Waals surface area contributed by atoms with Gasteiger partial charge in [-0.2, -0.15) is 0 Å². The van der Waals surface area contributed by atoms with Crippen molar-refractivity contribution in [1.82, 2.24) is 4.98 Å². The Hall–Kier alpha value is -2.60. The predicted octanol–water partition coefficient (Wildman–Crippen LogP) is 2.33. The summed E-state index contributed by atoms with van der Waals surface area (Å²) in [5, 5.41) is 9.13. The van der Waals surface area contributed by atoms with E-state index in [9.17, 15) is 9.59 Å². The van der Waals surface area contributed by atoms with Crippen LogP contribution in [0.1, 0.15) is 29.8 Å². The van der Waals surface area contributed by atoms with Crippen LogP contribution in [-0.4, -0.2) is 35.7 Å². The highest BCUT2D eigenvalue weighted by Crippen LogP contribution is 2.30. The molecule has 1 aliphatic rings. The van der Waals surface area contributed by atoms with Crippen molar-refractivity contribution in [3.8, 4) is 11.3 Å². The van der Waals surface area contributed by atoms with Crippen LogP contribution in [0.4, 0.5) is 5.69 Å². The highest BCUT2D eigenvalue weighted by molar-refractivity contribution is 5.88. The summed E-state index contributed by atoms with van der Waals surface area (Å²) in [6.45, 7) is 6.82. The predicted molar refractivity (Wildman–Crippen MR) is 103 cm³/mol. The summed E-state index contributed by atoms with van der Waals surface area (Å²) in [6.07, 6.45) is 0.635. The van der Waals surface area contributed by atoms with Crippen molar-refractivity contribution in [3.05, 3.63) is 51.8 Å². The van der Waals surface area contributed by atoms with Crippen molar-refractivity contribution in [1.29, 1.82) is 0 Å². The number of carboxylic acid groups (broad SMARTS) is 1. The number of nitrogens with two attached hydrogens (primary N) is 1. The van der Waals surface area contributed by atoms with E-state index in [4.69, 9.17) is 10.8 Å². The van der Waals surface area contributed by atoms with Crippen LogP contribution in [0.5, 0.6) is 0 Å². The van der Waals surface area contributed by atoms with E-state index in [0.717, 1.165) is 29.9 Å². The van der Waals surface area contributed by atoms with Gasteiger partial charge < -0.3 is 20.7 Å². The molecule has 0 spiro atoms. The van der Waals surface area contributed by atoms with Gasteiger partial charge in [0.1, 0.15) is 5.56 Å². The van der Waals surface area contributed by atoms with E-state index in [0.29, 0.717) is 30.5 Å². The highest BCUT2D eigenvalue weighted by atomic mass is 16.4. The fourth-order valence-electron chi connectivity index (χ4n) is 3.66. The molecule has 0 saturated carbocycles. The molecule has 26 heavy (non-hydrogen) atoms. The number of pyridine rings is 1. The van der Waals surface area contributed by atoms with Crippen LogP contribution in [0.2, 0.25) is 0 Å². The quantitative estimate of drug-likeness (QED) is 0.764. The normalized spacial score (nSPS) is 19.7. The van der Waals surface area contributed by atoms with Gasteiger partial charge in [0.2, 0.25) is 0 Å². The zero-order valence-electron chi connectivity index (χ0n) is 15.2. The molecule has 1 aromatic heterocycles. The van der Waals surface area contributed by atoms with Crippen LogP contribution in [0.25, 0.3) is 11.3 Å². The lowest BCUT2D eigenvalue weighted by molar-refractivity contribution is 0.0695. The second-order valence-corrected chi connectivity index (χ2v) is 7.00. The van der Waals surface area contributed by atoms with Crippen LogP contribution in [0.15, 0.2) is 35.1 Å². The van der Waals surface area contributed by atoms with Crippen LogP contribution in [0, 0.1) is 11.8 Å². The molecule has 4 N–H and O–H groups in total. The number of carbonyl (C=O) groups is 1. The number of aromatic carboxylic acids is 1. The zero-order chi connectivity index (χ0) is 18.8. The Labute approximate surface area is 152 Å². The zero-order valence-corrected chi connectivity index (χ0v) is 15.2. The maximum atomic E-state index is 12.0. The summed E-state index contributed by atoms with van der Waals surface area (Å²) in [5.74, 6) is -0.118. The van der Waals surface area contributed by atoms with Crippen molar-refractivity contribution in [2.24, 2.45) is 17.6 Å². The van der Waals surface area contributed by atoms with Gasteiger partial charge in [-0.1, -0.05) is 26.0 Å². The number of rotatable bonds is 5. The summed E-state index contributed by atoms with van der Waals surface area (Å²) >= 11 is 0. The minimum Gasteiger partial charge on any atom is -0.477 e. The lowest BCUT2D eigenvalue weighted by Gasteiger charge is -2.19. The van der Waals surface area contributed by atoms with E-state index in [1.807, 2.05) is 31.2 Å². The lowest BCUT2D eigenvalue weighted by atomic mass is 9.99. The van der Waals surface area contributed by atoms with E-state index in [2.05, 4.69) is 16.8 Å². The van der Waals surface area contributed by atoms with Crippen molar-refractivity contribution in [2.45, 2.75) is 20.3 Å². The smallest absolute Gasteiger partial charge is 0.341 e. The number of aromatic nitrogens is 1. The van der Waals surface area contributed by atoms with Gasteiger partial charge in [-0.25, -0.2) is 4.79 Å². The second-order valence-electron chi connectivity index (χ2n) is 7.00. The Kier molecular flexibility index (Phi) is 5.13. The van der Waals surface area contributed by atoms with Gasteiger partial charge in [0.25, 0.3) is 5.56 Å². The number of hydrogen-bond donors (Lipinski definition) is 3. The van der Waals surface area contributed by atoms with Crippen LogP contribution in [0.3, 0.4) is 0 Å². The third-order valence-electron chi connectivity index (χ3n) is 5.33. The number of anilines is 1. The SMILES string of the molecule is CCc1cc(C(=O)O)c(=O)[nH]c1-c1ccc(N2C[C@H](CN)[C@@H](C)C2)cc1. The topological polar surface area (TPSA) is 99.4 Å². The average molecular weight is 355 g/mol. The third-order valence-corrected chi connectivity index (χ3v) is 5.33. The fraction of sp³-hybridized carbons (Fsp3) is 0.400. The number of benzene rings is 1. The van der Waals surface area contributed by atoms with Gasteiger partial charge >= 0.3 is 5.97 Å². The first-order chi connectivity index (χ1) is 12.4. The summed E-state index contributed by atoms with van der Waals surface area (Å²) in [7, 11) is 0. The number of nitrogens with one attached hydrogen (secondary N) is 1.